The molecule has 2 fully saturated rings. The first-order valence-corrected chi connectivity index (χ1v) is 8.32. The van der Waals surface area contributed by atoms with Crippen molar-refractivity contribution >= 4 is 11.9 Å². The number of carbonyl (C=O) groups is 2. The molecule has 5 unspecified atom stereocenters. The lowest BCUT2D eigenvalue weighted by atomic mass is 9.75. The van der Waals surface area contributed by atoms with Gasteiger partial charge in [-0.3, -0.25) is 9.59 Å². The summed E-state index contributed by atoms with van der Waals surface area (Å²) in [5.41, 5.74) is 0. The Bertz CT molecular complexity index is 390. The van der Waals surface area contributed by atoms with Gasteiger partial charge in [-0.05, 0) is 30.6 Å². The first-order chi connectivity index (χ1) is 9.92. The minimum atomic E-state index is -0.247. The van der Waals surface area contributed by atoms with E-state index in [4.69, 9.17) is 9.47 Å². The molecule has 5 atom stereocenters. The van der Waals surface area contributed by atoms with Crippen molar-refractivity contribution < 1.29 is 19.1 Å². The Hall–Kier alpha value is -1.06. The second kappa shape index (κ2) is 6.80. The van der Waals surface area contributed by atoms with Crippen molar-refractivity contribution in [3.8, 4) is 0 Å². The fraction of sp³-hybridized carbons (Fsp3) is 0.882. The Morgan fingerprint density at radius 2 is 1.81 bits per heavy atom. The van der Waals surface area contributed by atoms with Gasteiger partial charge in [-0.1, -0.05) is 34.1 Å². The van der Waals surface area contributed by atoms with Gasteiger partial charge in [0.15, 0.2) is 0 Å². The van der Waals surface area contributed by atoms with Gasteiger partial charge in [-0.15, -0.1) is 0 Å². The minimum absolute atomic E-state index is 0.0318. The lowest BCUT2D eigenvalue weighted by Crippen LogP contribution is -2.36. The Morgan fingerprint density at radius 1 is 1.10 bits per heavy atom. The summed E-state index contributed by atoms with van der Waals surface area (Å²) in [5.74, 6) is 0.968. The summed E-state index contributed by atoms with van der Waals surface area (Å²) in [4.78, 5) is 23.4. The predicted octanol–water partition coefficient (Wildman–Crippen LogP) is 3.33. The van der Waals surface area contributed by atoms with Crippen molar-refractivity contribution in [2.24, 2.45) is 23.7 Å². The molecule has 0 amide bonds. The second-order valence-electron chi connectivity index (χ2n) is 7.03. The topological polar surface area (TPSA) is 52.6 Å². The molecule has 0 N–H and O–H groups in total. The van der Waals surface area contributed by atoms with E-state index in [1.165, 1.54) is 6.42 Å². The van der Waals surface area contributed by atoms with E-state index in [2.05, 4.69) is 20.8 Å². The van der Waals surface area contributed by atoms with Crippen molar-refractivity contribution in [3.63, 3.8) is 0 Å². The van der Waals surface area contributed by atoms with Crippen LogP contribution in [0.2, 0.25) is 0 Å². The first kappa shape index (κ1) is 16.3. The molecule has 0 saturated heterocycles. The maximum Gasteiger partial charge on any atom is 0.313 e. The van der Waals surface area contributed by atoms with Crippen LogP contribution in [-0.2, 0) is 19.1 Å². The molecular formula is C17H28O4. The SMILES string of the molecule is CCC(=O)OC1CC1C(=O)OC1CC(C)CCC1C(C)C. The molecule has 21 heavy (non-hydrogen) atoms. The summed E-state index contributed by atoms with van der Waals surface area (Å²) in [6.45, 7) is 8.38. The molecule has 0 aromatic carbocycles. The second-order valence-corrected chi connectivity index (χ2v) is 7.03. The van der Waals surface area contributed by atoms with E-state index in [0.29, 0.717) is 30.6 Å². The maximum atomic E-state index is 12.2. The molecule has 2 aliphatic rings. The summed E-state index contributed by atoms with van der Waals surface area (Å²) in [6.07, 6.45) is 4.08. The lowest BCUT2D eigenvalue weighted by Gasteiger charge is -2.36. The van der Waals surface area contributed by atoms with E-state index in [1.54, 1.807) is 6.92 Å². The average Bonchev–Trinajstić information content (AvgIpc) is 3.17. The summed E-state index contributed by atoms with van der Waals surface area (Å²) in [6, 6.07) is 0. The van der Waals surface area contributed by atoms with Crippen LogP contribution in [0.15, 0.2) is 0 Å². The van der Waals surface area contributed by atoms with Crippen LogP contribution in [0.5, 0.6) is 0 Å². The number of esters is 2. The van der Waals surface area contributed by atoms with Crippen molar-refractivity contribution in [2.75, 3.05) is 0 Å². The molecular weight excluding hydrogens is 268 g/mol. The number of hydrogen-bond donors (Lipinski definition) is 0. The molecule has 0 aromatic heterocycles. The Morgan fingerprint density at radius 3 is 2.43 bits per heavy atom. The molecule has 0 aromatic rings. The van der Waals surface area contributed by atoms with Gasteiger partial charge in [0.1, 0.15) is 12.2 Å². The van der Waals surface area contributed by atoms with Gasteiger partial charge in [0.2, 0.25) is 0 Å². The zero-order valence-corrected chi connectivity index (χ0v) is 13.6. The minimum Gasteiger partial charge on any atom is -0.462 e. The molecule has 0 aliphatic heterocycles. The quantitative estimate of drug-likeness (QED) is 0.730. The predicted molar refractivity (Wildman–Crippen MR) is 79.5 cm³/mol. The molecule has 0 bridgehead atoms. The number of hydrogen-bond acceptors (Lipinski definition) is 4. The molecule has 0 radical (unpaired) electrons. The molecule has 2 rings (SSSR count). The normalized spacial score (nSPS) is 35.4. The van der Waals surface area contributed by atoms with Crippen LogP contribution >= 0.6 is 0 Å². The van der Waals surface area contributed by atoms with Crippen LogP contribution in [0.1, 0.15) is 59.8 Å². The number of carbonyl (C=O) groups excluding carboxylic acids is 2. The highest BCUT2D eigenvalue weighted by molar-refractivity contribution is 5.78. The first-order valence-electron chi connectivity index (χ1n) is 8.32. The monoisotopic (exact) mass is 296 g/mol. The van der Waals surface area contributed by atoms with Crippen molar-refractivity contribution in [1.29, 1.82) is 0 Å². The van der Waals surface area contributed by atoms with E-state index in [0.717, 1.165) is 12.8 Å². The fourth-order valence-corrected chi connectivity index (χ4v) is 3.29. The van der Waals surface area contributed by atoms with E-state index >= 15 is 0 Å². The maximum absolute atomic E-state index is 12.2. The van der Waals surface area contributed by atoms with Crippen LogP contribution in [-0.4, -0.2) is 24.1 Å². The fourth-order valence-electron chi connectivity index (χ4n) is 3.29. The van der Waals surface area contributed by atoms with Gasteiger partial charge < -0.3 is 9.47 Å². The van der Waals surface area contributed by atoms with Crippen LogP contribution < -0.4 is 0 Å². The van der Waals surface area contributed by atoms with Crippen LogP contribution in [0, 0.1) is 23.7 Å². The third-order valence-corrected chi connectivity index (χ3v) is 4.83. The standard InChI is InChI=1S/C17H28O4/c1-5-16(18)20-15-9-13(15)17(19)21-14-8-11(4)6-7-12(14)10(2)3/h10-15H,5-9H2,1-4H3. The van der Waals surface area contributed by atoms with Crippen molar-refractivity contribution in [2.45, 2.75) is 72.0 Å². The third kappa shape index (κ3) is 4.21. The largest absolute Gasteiger partial charge is 0.462 e. The summed E-state index contributed by atoms with van der Waals surface area (Å²) in [5, 5.41) is 0. The highest BCUT2D eigenvalue weighted by Gasteiger charge is 2.49. The van der Waals surface area contributed by atoms with Crippen LogP contribution in [0.4, 0.5) is 0 Å². The molecule has 120 valence electrons. The highest BCUT2D eigenvalue weighted by Crippen LogP contribution is 2.39. The van der Waals surface area contributed by atoms with Gasteiger partial charge in [-0.25, -0.2) is 0 Å². The zero-order valence-electron chi connectivity index (χ0n) is 13.6. The van der Waals surface area contributed by atoms with E-state index in [9.17, 15) is 9.59 Å². The van der Waals surface area contributed by atoms with Gasteiger partial charge in [-0.2, -0.15) is 0 Å². The summed E-state index contributed by atoms with van der Waals surface area (Å²) < 4.78 is 11.0. The van der Waals surface area contributed by atoms with Crippen molar-refractivity contribution in [1.82, 2.24) is 0 Å². The molecule has 0 heterocycles. The summed E-state index contributed by atoms with van der Waals surface area (Å²) >= 11 is 0. The van der Waals surface area contributed by atoms with E-state index < -0.39 is 0 Å². The van der Waals surface area contributed by atoms with Crippen molar-refractivity contribution in [3.05, 3.63) is 0 Å². The Labute approximate surface area is 127 Å². The van der Waals surface area contributed by atoms with E-state index in [-0.39, 0.29) is 30.1 Å². The zero-order chi connectivity index (χ0) is 15.6. The van der Waals surface area contributed by atoms with Gasteiger partial charge >= 0.3 is 11.9 Å². The number of rotatable bonds is 5. The molecule has 4 heteroatoms. The molecule has 2 saturated carbocycles. The lowest BCUT2D eigenvalue weighted by molar-refractivity contribution is -0.159. The third-order valence-electron chi connectivity index (χ3n) is 4.83. The molecule has 0 spiro atoms. The summed E-state index contributed by atoms with van der Waals surface area (Å²) in [7, 11) is 0. The van der Waals surface area contributed by atoms with Crippen LogP contribution in [0.25, 0.3) is 0 Å². The molecule has 2 aliphatic carbocycles. The Kier molecular flexibility index (Phi) is 5.28. The van der Waals surface area contributed by atoms with Gasteiger partial charge in [0, 0.05) is 12.8 Å². The smallest absolute Gasteiger partial charge is 0.313 e. The van der Waals surface area contributed by atoms with Gasteiger partial charge in [0.05, 0.1) is 5.92 Å². The number of ether oxygens (including phenoxy) is 2. The molecule has 4 nitrogen and oxygen atoms in total. The highest BCUT2D eigenvalue weighted by atomic mass is 16.6. The average molecular weight is 296 g/mol. The Balaban J connectivity index is 1.85. The van der Waals surface area contributed by atoms with Gasteiger partial charge in [0.25, 0.3) is 0 Å². The van der Waals surface area contributed by atoms with E-state index in [1.807, 2.05) is 0 Å². The van der Waals surface area contributed by atoms with Crippen LogP contribution in [0.3, 0.4) is 0 Å².